The van der Waals surface area contributed by atoms with Crippen LogP contribution in [0, 0.1) is 5.41 Å². The lowest BCUT2D eigenvalue weighted by Crippen LogP contribution is -2.26. The first kappa shape index (κ1) is 12.2. The fourth-order valence-electron chi connectivity index (χ4n) is 1.71. The summed E-state index contributed by atoms with van der Waals surface area (Å²) >= 11 is 0. The molecule has 0 saturated carbocycles. The molecule has 1 heteroatoms. The summed E-state index contributed by atoms with van der Waals surface area (Å²) in [4.78, 5) is 11.5. The molecule has 0 aliphatic carbocycles. The van der Waals surface area contributed by atoms with E-state index in [1.54, 1.807) is 6.92 Å². The largest absolute Gasteiger partial charge is 0.299 e. The number of Topliss-reactive ketones (excluding diaryl/α,β-unsaturated/α-hetero) is 1. The molecule has 0 bridgehead atoms. The molecular formula is C12H20O. The van der Waals surface area contributed by atoms with Crippen molar-refractivity contribution in [1.82, 2.24) is 0 Å². The van der Waals surface area contributed by atoms with Crippen LogP contribution >= 0.6 is 0 Å². The lowest BCUT2D eigenvalue weighted by atomic mass is 9.76. The van der Waals surface area contributed by atoms with Gasteiger partial charge in [0.25, 0.3) is 0 Å². The van der Waals surface area contributed by atoms with Gasteiger partial charge in [-0.15, -0.1) is 6.58 Å². The third-order valence-corrected chi connectivity index (χ3v) is 2.39. The molecule has 0 saturated heterocycles. The van der Waals surface area contributed by atoms with Crippen molar-refractivity contribution in [3.63, 3.8) is 0 Å². The van der Waals surface area contributed by atoms with E-state index in [4.69, 9.17) is 0 Å². The Hall–Kier alpha value is -0.850. The van der Waals surface area contributed by atoms with Crippen molar-refractivity contribution >= 4 is 5.78 Å². The second-order valence-electron chi connectivity index (χ2n) is 3.46. The SMILES string of the molecule is C=CCC(/C=C/C)(CCC)C(C)=O. The Morgan fingerprint density at radius 2 is 2.15 bits per heavy atom. The Morgan fingerprint density at radius 3 is 2.46 bits per heavy atom. The van der Waals surface area contributed by atoms with Gasteiger partial charge in [-0.3, -0.25) is 4.79 Å². The van der Waals surface area contributed by atoms with Crippen LogP contribution in [0.5, 0.6) is 0 Å². The molecule has 0 rings (SSSR count). The zero-order valence-electron chi connectivity index (χ0n) is 8.97. The number of carbonyl (C=O) groups excluding carboxylic acids is 1. The smallest absolute Gasteiger partial charge is 0.140 e. The number of ketones is 1. The Kier molecular flexibility index (Phi) is 5.36. The normalized spacial score (nSPS) is 15.6. The van der Waals surface area contributed by atoms with Crippen LogP contribution in [0.2, 0.25) is 0 Å². The molecule has 74 valence electrons. The van der Waals surface area contributed by atoms with E-state index in [1.807, 2.05) is 25.2 Å². The molecule has 1 nitrogen and oxygen atoms in total. The summed E-state index contributed by atoms with van der Waals surface area (Å²) in [5, 5.41) is 0. The van der Waals surface area contributed by atoms with E-state index in [2.05, 4.69) is 13.5 Å². The van der Waals surface area contributed by atoms with Crippen molar-refractivity contribution in [2.24, 2.45) is 5.41 Å². The lowest BCUT2D eigenvalue weighted by molar-refractivity contribution is -0.124. The minimum absolute atomic E-state index is 0.243. The number of hydrogen-bond acceptors (Lipinski definition) is 1. The number of carbonyl (C=O) groups is 1. The molecule has 0 N–H and O–H groups in total. The average Bonchev–Trinajstić information content (AvgIpc) is 2.05. The Labute approximate surface area is 81.5 Å². The van der Waals surface area contributed by atoms with E-state index in [9.17, 15) is 4.79 Å². The Morgan fingerprint density at radius 1 is 1.54 bits per heavy atom. The van der Waals surface area contributed by atoms with E-state index in [0.717, 1.165) is 19.3 Å². The average molecular weight is 180 g/mol. The van der Waals surface area contributed by atoms with E-state index in [1.165, 1.54) is 0 Å². The van der Waals surface area contributed by atoms with Crippen LogP contribution in [0.4, 0.5) is 0 Å². The molecule has 0 aromatic rings. The zero-order valence-corrected chi connectivity index (χ0v) is 8.97. The van der Waals surface area contributed by atoms with Crippen LogP contribution in [0.1, 0.15) is 40.0 Å². The van der Waals surface area contributed by atoms with Crippen LogP contribution in [-0.2, 0) is 4.79 Å². The van der Waals surface area contributed by atoms with Crippen molar-refractivity contribution < 1.29 is 4.79 Å². The number of hydrogen-bond donors (Lipinski definition) is 0. The predicted molar refractivity (Wildman–Crippen MR) is 57.7 cm³/mol. The van der Waals surface area contributed by atoms with Crippen LogP contribution < -0.4 is 0 Å². The van der Waals surface area contributed by atoms with E-state index >= 15 is 0 Å². The van der Waals surface area contributed by atoms with Crippen molar-refractivity contribution in [1.29, 1.82) is 0 Å². The standard InChI is InChI=1S/C12H20O/c1-5-8-12(9-6-2,10-7-3)11(4)13/h5-6,9H,1,7-8,10H2,2-4H3/b9-6+. The molecule has 1 atom stereocenters. The van der Waals surface area contributed by atoms with Gasteiger partial charge in [-0.05, 0) is 26.7 Å². The molecule has 0 amide bonds. The lowest BCUT2D eigenvalue weighted by Gasteiger charge is -2.26. The maximum absolute atomic E-state index is 11.5. The zero-order chi connectivity index (χ0) is 10.3. The van der Waals surface area contributed by atoms with E-state index in [-0.39, 0.29) is 11.2 Å². The minimum atomic E-state index is -0.286. The Balaban J connectivity index is 4.78. The van der Waals surface area contributed by atoms with Crippen molar-refractivity contribution in [2.45, 2.75) is 40.0 Å². The van der Waals surface area contributed by atoms with Gasteiger partial charge < -0.3 is 0 Å². The van der Waals surface area contributed by atoms with Gasteiger partial charge in [0.15, 0.2) is 0 Å². The molecule has 0 heterocycles. The van der Waals surface area contributed by atoms with E-state index in [0.29, 0.717) is 0 Å². The van der Waals surface area contributed by atoms with Gasteiger partial charge in [-0.1, -0.05) is 31.6 Å². The summed E-state index contributed by atoms with van der Waals surface area (Å²) in [6.07, 6.45) is 8.50. The van der Waals surface area contributed by atoms with Gasteiger partial charge in [0.2, 0.25) is 0 Å². The van der Waals surface area contributed by atoms with Crippen LogP contribution in [-0.4, -0.2) is 5.78 Å². The molecule has 0 spiro atoms. The number of rotatable bonds is 6. The second kappa shape index (κ2) is 5.74. The van der Waals surface area contributed by atoms with Crippen molar-refractivity contribution in [3.05, 3.63) is 24.8 Å². The highest BCUT2D eigenvalue weighted by Crippen LogP contribution is 2.31. The highest BCUT2D eigenvalue weighted by atomic mass is 16.1. The monoisotopic (exact) mass is 180 g/mol. The summed E-state index contributed by atoms with van der Waals surface area (Å²) in [6, 6.07) is 0. The highest BCUT2D eigenvalue weighted by Gasteiger charge is 2.29. The van der Waals surface area contributed by atoms with Gasteiger partial charge in [0.1, 0.15) is 5.78 Å². The van der Waals surface area contributed by atoms with Gasteiger partial charge in [0, 0.05) is 5.41 Å². The summed E-state index contributed by atoms with van der Waals surface area (Å²) in [6.45, 7) is 9.43. The number of allylic oxidation sites excluding steroid dienone is 3. The third kappa shape index (κ3) is 3.17. The summed E-state index contributed by atoms with van der Waals surface area (Å²) in [7, 11) is 0. The third-order valence-electron chi connectivity index (χ3n) is 2.39. The molecule has 0 radical (unpaired) electrons. The molecular weight excluding hydrogens is 160 g/mol. The van der Waals surface area contributed by atoms with Crippen molar-refractivity contribution in [3.8, 4) is 0 Å². The fourth-order valence-corrected chi connectivity index (χ4v) is 1.71. The van der Waals surface area contributed by atoms with Gasteiger partial charge >= 0.3 is 0 Å². The minimum Gasteiger partial charge on any atom is -0.299 e. The maximum Gasteiger partial charge on any atom is 0.140 e. The summed E-state index contributed by atoms with van der Waals surface area (Å²) < 4.78 is 0. The maximum atomic E-state index is 11.5. The molecule has 0 aromatic heterocycles. The summed E-state index contributed by atoms with van der Waals surface area (Å²) in [5.41, 5.74) is -0.286. The van der Waals surface area contributed by atoms with Crippen molar-refractivity contribution in [2.75, 3.05) is 0 Å². The van der Waals surface area contributed by atoms with Gasteiger partial charge in [-0.25, -0.2) is 0 Å². The molecule has 0 aliphatic heterocycles. The van der Waals surface area contributed by atoms with Crippen LogP contribution in [0.3, 0.4) is 0 Å². The topological polar surface area (TPSA) is 17.1 Å². The highest BCUT2D eigenvalue weighted by molar-refractivity contribution is 5.84. The molecule has 1 unspecified atom stereocenters. The first-order valence-corrected chi connectivity index (χ1v) is 4.88. The molecule has 0 aliphatic rings. The Bertz CT molecular complexity index is 203. The van der Waals surface area contributed by atoms with Crippen LogP contribution in [0.25, 0.3) is 0 Å². The van der Waals surface area contributed by atoms with Gasteiger partial charge in [-0.2, -0.15) is 0 Å². The van der Waals surface area contributed by atoms with Gasteiger partial charge in [0.05, 0.1) is 0 Å². The van der Waals surface area contributed by atoms with E-state index < -0.39 is 0 Å². The first-order chi connectivity index (χ1) is 6.13. The fraction of sp³-hybridized carbons (Fsp3) is 0.583. The quantitative estimate of drug-likeness (QED) is 0.572. The summed E-state index contributed by atoms with van der Waals surface area (Å²) in [5.74, 6) is 0.243. The molecule has 0 aromatic carbocycles. The second-order valence-corrected chi connectivity index (χ2v) is 3.46. The molecule has 0 fully saturated rings. The van der Waals surface area contributed by atoms with Crippen LogP contribution in [0.15, 0.2) is 24.8 Å². The predicted octanol–water partition coefficient (Wildman–Crippen LogP) is 3.51. The first-order valence-electron chi connectivity index (χ1n) is 4.88. The molecule has 13 heavy (non-hydrogen) atoms.